The number of hydrogen-bond acceptors (Lipinski definition) is 4. The van der Waals surface area contributed by atoms with Gasteiger partial charge >= 0.3 is 18.1 Å². The lowest BCUT2D eigenvalue weighted by atomic mass is 10.1. The Hall–Kier alpha value is -2.10. The molecule has 0 aliphatic carbocycles. The van der Waals surface area contributed by atoms with Gasteiger partial charge in [0.15, 0.2) is 0 Å². The van der Waals surface area contributed by atoms with Crippen LogP contribution in [0.3, 0.4) is 0 Å². The van der Waals surface area contributed by atoms with Crippen molar-refractivity contribution < 1.29 is 32.6 Å². The Morgan fingerprint density at radius 3 is 2.52 bits per heavy atom. The Bertz CT molecular complexity index is 549. The van der Waals surface area contributed by atoms with Crippen LogP contribution in [0, 0.1) is 0 Å². The fraction of sp³-hybridized carbons (Fsp3) is 0.545. The Morgan fingerprint density at radius 2 is 2.00 bits per heavy atom. The van der Waals surface area contributed by atoms with E-state index in [2.05, 4.69) is 5.10 Å². The molecule has 1 aliphatic heterocycles. The van der Waals surface area contributed by atoms with E-state index >= 15 is 0 Å². The molecule has 1 aromatic heterocycles. The molecule has 0 aromatic carbocycles. The number of amides is 1. The van der Waals surface area contributed by atoms with Crippen LogP contribution in [0.1, 0.15) is 29.2 Å². The Labute approximate surface area is 116 Å². The van der Waals surface area contributed by atoms with E-state index in [1.807, 2.05) is 0 Å². The predicted octanol–water partition coefficient (Wildman–Crippen LogP) is 1.43. The molecule has 0 atom stereocenters. The van der Waals surface area contributed by atoms with Crippen molar-refractivity contribution in [2.24, 2.45) is 0 Å². The number of carbonyl (C=O) groups is 2. The van der Waals surface area contributed by atoms with E-state index in [1.165, 1.54) is 0 Å². The molecule has 0 radical (unpaired) electrons. The number of carboxylic acid groups (broad SMARTS) is 1. The van der Waals surface area contributed by atoms with Crippen molar-refractivity contribution in [3.8, 4) is 0 Å². The van der Waals surface area contributed by atoms with Gasteiger partial charge in [-0.2, -0.15) is 18.3 Å². The van der Waals surface area contributed by atoms with Gasteiger partial charge in [0.2, 0.25) is 0 Å². The minimum atomic E-state index is -5.11. The highest BCUT2D eigenvalue weighted by Gasteiger charge is 2.40. The molecule has 10 heteroatoms. The third-order valence-corrected chi connectivity index (χ3v) is 3.05. The molecule has 2 heterocycles. The highest BCUT2D eigenvalue weighted by molar-refractivity contribution is 6.01. The van der Waals surface area contributed by atoms with E-state index in [0.29, 0.717) is 26.1 Å². The Morgan fingerprint density at radius 1 is 1.38 bits per heavy atom. The van der Waals surface area contributed by atoms with Gasteiger partial charge in [0, 0.05) is 13.2 Å². The van der Waals surface area contributed by atoms with E-state index in [1.54, 1.807) is 5.32 Å². The molecule has 0 unspecified atom stereocenters. The van der Waals surface area contributed by atoms with E-state index in [0.717, 1.165) is 10.9 Å². The van der Waals surface area contributed by atoms with Crippen LogP contribution in [0.25, 0.3) is 0 Å². The molecule has 1 fully saturated rings. The van der Waals surface area contributed by atoms with Gasteiger partial charge in [-0.25, -0.2) is 9.48 Å². The molecule has 2 N–H and O–H groups in total. The van der Waals surface area contributed by atoms with Crippen molar-refractivity contribution in [3.05, 3.63) is 11.8 Å². The van der Waals surface area contributed by atoms with Crippen LogP contribution in [0.4, 0.5) is 19.0 Å². The zero-order valence-corrected chi connectivity index (χ0v) is 10.7. The average Bonchev–Trinajstić information content (AvgIpc) is 2.82. The van der Waals surface area contributed by atoms with Gasteiger partial charge in [-0.15, -0.1) is 0 Å². The molecule has 1 saturated heterocycles. The summed E-state index contributed by atoms with van der Waals surface area (Å²) in [7, 11) is 0. The molecule has 2 rings (SSSR count). The maximum atomic E-state index is 12.3. The van der Waals surface area contributed by atoms with Crippen molar-refractivity contribution in [3.63, 3.8) is 0 Å². The topological polar surface area (TPSA) is 93.4 Å². The van der Waals surface area contributed by atoms with Crippen molar-refractivity contribution in [1.82, 2.24) is 9.78 Å². The van der Waals surface area contributed by atoms with Crippen LogP contribution in [0.5, 0.6) is 0 Å². The molecule has 1 aliphatic rings. The van der Waals surface area contributed by atoms with Crippen LogP contribution in [0.2, 0.25) is 0 Å². The molecule has 7 nitrogen and oxygen atoms in total. The lowest BCUT2D eigenvalue weighted by Gasteiger charge is -2.24. The molecular weight excluding hydrogens is 295 g/mol. The fourth-order valence-electron chi connectivity index (χ4n) is 2.03. The number of ether oxygens (including phenoxy) is 1. The van der Waals surface area contributed by atoms with Gasteiger partial charge in [-0.1, -0.05) is 0 Å². The fourth-order valence-corrected chi connectivity index (χ4v) is 2.03. The number of halogens is 3. The van der Waals surface area contributed by atoms with Gasteiger partial charge in [-0.3, -0.25) is 4.79 Å². The first kappa shape index (κ1) is 15.3. The van der Waals surface area contributed by atoms with Gasteiger partial charge in [-0.05, 0) is 12.8 Å². The molecule has 0 spiro atoms. The van der Waals surface area contributed by atoms with Crippen molar-refractivity contribution in [2.45, 2.75) is 25.1 Å². The first-order chi connectivity index (χ1) is 9.80. The molecule has 1 amide bonds. The first-order valence-corrected chi connectivity index (χ1v) is 6.07. The maximum absolute atomic E-state index is 12.3. The summed E-state index contributed by atoms with van der Waals surface area (Å²) < 4.78 is 43.2. The van der Waals surface area contributed by atoms with Crippen molar-refractivity contribution in [1.29, 1.82) is 0 Å². The molecule has 0 bridgehead atoms. The molecule has 0 saturated carbocycles. The van der Waals surface area contributed by atoms with Gasteiger partial charge in [0.1, 0.15) is 11.4 Å². The van der Waals surface area contributed by atoms with Crippen LogP contribution < -0.4 is 5.32 Å². The zero-order chi connectivity index (χ0) is 15.6. The second-order valence-electron chi connectivity index (χ2n) is 4.45. The number of hydrogen-bond donors (Lipinski definition) is 2. The third-order valence-electron chi connectivity index (χ3n) is 3.05. The van der Waals surface area contributed by atoms with Gasteiger partial charge in [0.05, 0.1) is 12.2 Å². The van der Waals surface area contributed by atoms with Crippen molar-refractivity contribution in [2.75, 3.05) is 18.5 Å². The molecule has 21 heavy (non-hydrogen) atoms. The normalized spacial score (nSPS) is 16.7. The number of carboxylic acids is 1. The van der Waals surface area contributed by atoms with Gasteiger partial charge < -0.3 is 15.2 Å². The summed E-state index contributed by atoms with van der Waals surface area (Å²) in [6.45, 7) is 0.777. The lowest BCUT2D eigenvalue weighted by molar-refractivity contribution is -0.167. The quantitative estimate of drug-likeness (QED) is 0.881. The zero-order valence-electron chi connectivity index (χ0n) is 10.7. The maximum Gasteiger partial charge on any atom is 0.471 e. The van der Waals surface area contributed by atoms with Crippen LogP contribution in [-0.2, 0) is 9.53 Å². The summed E-state index contributed by atoms with van der Waals surface area (Å²) in [6.07, 6.45) is -3.25. The second-order valence-corrected chi connectivity index (χ2v) is 4.45. The summed E-state index contributed by atoms with van der Waals surface area (Å²) in [4.78, 5) is 22.1. The van der Waals surface area contributed by atoms with Gasteiger partial charge in [0.25, 0.3) is 0 Å². The Kier molecular flexibility index (Phi) is 4.16. The van der Waals surface area contributed by atoms with E-state index in [-0.39, 0.29) is 6.04 Å². The summed E-state index contributed by atoms with van der Waals surface area (Å²) in [5, 5.41) is 14.4. The van der Waals surface area contributed by atoms with Crippen LogP contribution in [0.15, 0.2) is 6.20 Å². The predicted molar refractivity (Wildman–Crippen MR) is 63.0 cm³/mol. The Balaban J connectivity index is 2.33. The van der Waals surface area contributed by atoms with Crippen LogP contribution >= 0.6 is 0 Å². The lowest BCUT2D eigenvalue weighted by Crippen LogP contribution is -2.32. The summed E-state index contributed by atoms with van der Waals surface area (Å²) >= 11 is 0. The SMILES string of the molecule is O=C(O)c1cnn(C2CCOCC2)c1NC(=O)C(F)(F)F. The number of rotatable bonds is 3. The smallest absolute Gasteiger partial charge is 0.471 e. The highest BCUT2D eigenvalue weighted by Crippen LogP contribution is 2.28. The van der Waals surface area contributed by atoms with Crippen molar-refractivity contribution >= 4 is 17.7 Å². The number of aromatic carboxylic acids is 1. The largest absolute Gasteiger partial charge is 0.477 e. The van der Waals surface area contributed by atoms with E-state index in [4.69, 9.17) is 9.84 Å². The van der Waals surface area contributed by atoms with E-state index in [9.17, 15) is 22.8 Å². The molecule has 1 aromatic rings. The number of nitrogens with one attached hydrogen (secondary N) is 1. The number of alkyl halides is 3. The third kappa shape index (κ3) is 3.32. The molecular formula is C11H12F3N3O4. The minimum Gasteiger partial charge on any atom is -0.477 e. The number of carbonyl (C=O) groups excluding carboxylic acids is 1. The monoisotopic (exact) mass is 307 g/mol. The minimum absolute atomic E-state index is 0.324. The average molecular weight is 307 g/mol. The summed E-state index contributed by atoms with van der Waals surface area (Å²) in [6, 6.07) is -0.324. The molecule has 116 valence electrons. The summed E-state index contributed by atoms with van der Waals surface area (Å²) in [5.41, 5.74) is -0.487. The highest BCUT2D eigenvalue weighted by atomic mass is 19.4. The number of anilines is 1. The van der Waals surface area contributed by atoms with E-state index < -0.39 is 29.4 Å². The number of aromatic nitrogens is 2. The second kappa shape index (κ2) is 5.72. The summed E-state index contributed by atoms with van der Waals surface area (Å²) in [5.74, 6) is -4.17. The first-order valence-electron chi connectivity index (χ1n) is 6.07. The van der Waals surface area contributed by atoms with Crippen LogP contribution in [-0.4, -0.2) is 46.2 Å². The standard InChI is InChI=1S/C11H12F3N3O4/c12-11(13,14)10(20)16-8-7(9(18)19)5-15-17(8)6-1-3-21-4-2-6/h5-6H,1-4H2,(H,16,20)(H,18,19). The number of nitrogens with zero attached hydrogens (tertiary/aromatic N) is 2.